The second-order valence-electron chi connectivity index (χ2n) is 7.12. The van der Waals surface area contributed by atoms with E-state index >= 15 is 0 Å². The summed E-state index contributed by atoms with van der Waals surface area (Å²) in [6, 6.07) is 8.98. The lowest BCUT2D eigenvalue weighted by atomic mass is 9.69. The summed E-state index contributed by atoms with van der Waals surface area (Å²) in [6.45, 7) is 5.23. The highest BCUT2D eigenvalue weighted by atomic mass is 16.5. The van der Waals surface area contributed by atoms with Gasteiger partial charge in [0.15, 0.2) is 0 Å². The first kappa shape index (κ1) is 15.1. The van der Waals surface area contributed by atoms with Gasteiger partial charge in [0.05, 0.1) is 5.60 Å². The molecule has 0 amide bonds. The van der Waals surface area contributed by atoms with Gasteiger partial charge in [0.1, 0.15) is 0 Å². The fourth-order valence-corrected chi connectivity index (χ4v) is 4.25. The van der Waals surface area contributed by atoms with Gasteiger partial charge in [-0.15, -0.1) is 0 Å². The second kappa shape index (κ2) is 6.10. The SMILES string of the molecule is CCOC1(C(N)CC2Cc3ccccc32)CCC(C)CC1. The van der Waals surface area contributed by atoms with E-state index in [1.807, 2.05) is 0 Å². The van der Waals surface area contributed by atoms with Gasteiger partial charge < -0.3 is 10.5 Å². The Bertz CT molecular complexity index is 476. The van der Waals surface area contributed by atoms with Crippen molar-refractivity contribution in [2.45, 2.75) is 69.9 Å². The van der Waals surface area contributed by atoms with Crippen LogP contribution in [0, 0.1) is 5.92 Å². The summed E-state index contributed by atoms with van der Waals surface area (Å²) in [6.07, 6.45) is 7.06. The normalized spacial score (nSPS) is 33.1. The van der Waals surface area contributed by atoms with Crippen LogP contribution in [0.15, 0.2) is 24.3 Å². The topological polar surface area (TPSA) is 35.2 Å². The van der Waals surface area contributed by atoms with Gasteiger partial charge in [-0.1, -0.05) is 31.2 Å². The third kappa shape index (κ3) is 2.89. The van der Waals surface area contributed by atoms with E-state index in [4.69, 9.17) is 10.5 Å². The monoisotopic (exact) mass is 287 g/mol. The fourth-order valence-electron chi connectivity index (χ4n) is 4.25. The van der Waals surface area contributed by atoms with Crippen molar-refractivity contribution < 1.29 is 4.74 Å². The van der Waals surface area contributed by atoms with Crippen molar-refractivity contribution in [3.05, 3.63) is 35.4 Å². The molecule has 2 nitrogen and oxygen atoms in total. The van der Waals surface area contributed by atoms with Gasteiger partial charge in [-0.05, 0) is 68.4 Å². The number of ether oxygens (including phenoxy) is 1. The number of benzene rings is 1. The Balaban J connectivity index is 1.67. The standard InChI is InChI=1S/C19H29NO/c1-3-21-19(10-8-14(2)9-11-19)18(20)13-16-12-15-6-4-5-7-17(15)16/h4-7,14,16,18H,3,8-13,20H2,1-2H3. The molecule has 116 valence electrons. The van der Waals surface area contributed by atoms with Gasteiger partial charge >= 0.3 is 0 Å². The third-order valence-electron chi connectivity index (χ3n) is 5.73. The van der Waals surface area contributed by atoms with Crippen molar-refractivity contribution in [1.29, 1.82) is 0 Å². The van der Waals surface area contributed by atoms with Crippen molar-refractivity contribution in [3.63, 3.8) is 0 Å². The van der Waals surface area contributed by atoms with Crippen LogP contribution in [0.2, 0.25) is 0 Å². The molecule has 2 unspecified atom stereocenters. The Morgan fingerprint density at radius 1 is 1.29 bits per heavy atom. The van der Waals surface area contributed by atoms with E-state index < -0.39 is 0 Å². The maximum absolute atomic E-state index is 6.66. The smallest absolute Gasteiger partial charge is 0.0832 e. The summed E-state index contributed by atoms with van der Waals surface area (Å²) in [4.78, 5) is 0. The molecule has 1 aromatic rings. The van der Waals surface area contributed by atoms with Crippen LogP contribution in [0.4, 0.5) is 0 Å². The van der Waals surface area contributed by atoms with Gasteiger partial charge in [0.25, 0.3) is 0 Å². The van der Waals surface area contributed by atoms with Crippen LogP contribution in [-0.2, 0) is 11.2 Å². The Morgan fingerprint density at radius 2 is 2.00 bits per heavy atom. The van der Waals surface area contributed by atoms with Crippen LogP contribution in [-0.4, -0.2) is 18.2 Å². The molecule has 2 N–H and O–H groups in total. The molecule has 1 saturated carbocycles. The molecule has 0 aromatic heterocycles. The highest BCUT2D eigenvalue weighted by Crippen LogP contribution is 2.43. The van der Waals surface area contributed by atoms with Crippen LogP contribution in [0.3, 0.4) is 0 Å². The summed E-state index contributed by atoms with van der Waals surface area (Å²) < 4.78 is 6.21. The molecule has 0 radical (unpaired) electrons. The summed E-state index contributed by atoms with van der Waals surface area (Å²) in [5, 5.41) is 0. The van der Waals surface area contributed by atoms with Crippen LogP contribution < -0.4 is 5.73 Å². The molecule has 0 heterocycles. The molecular formula is C19H29NO. The Kier molecular flexibility index (Phi) is 4.37. The lowest BCUT2D eigenvalue weighted by Crippen LogP contribution is -2.53. The van der Waals surface area contributed by atoms with E-state index in [9.17, 15) is 0 Å². The van der Waals surface area contributed by atoms with E-state index in [1.165, 1.54) is 30.4 Å². The molecule has 1 fully saturated rings. The molecule has 0 saturated heterocycles. The number of rotatable bonds is 5. The van der Waals surface area contributed by atoms with Crippen molar-refractivity contribution in [2.24, 2.45) is 11.7 Å². The van der Waals surface area contributed by atoms with Crippen LogP contribution in [0.25, 0.3) is 0 Å². The minimum Gasteiger partial charge on any atom is -0.374 e. The van der Waals surface area contributed by atoms with Gasteiger partial charge in [0, 0.05) is 12.6 Å². The summed E-state index contributed by atoms with van der Waals surface area (Å²) in [7, 11) is 0. The van der Waals surface area contributed by atoms with Gasteiger partial charge in [-0.3, -0.25) is 0 Å². The first-order valence-electron chi connectivity index (χ1n) is 8.62. The Hall–Kier alpha value is -0.860. The van der Waals surface area contributed by atoms with E-state index in [0.29, 0.717) is 5.92 Å². The van der Waals surface area contributed by atoms with Crippen LogP contribution in [0.5, 0.6) is 0 Å². The molecule has 2 aliphatic carbocycles. The maximum Gasteiger partial charge on any atom is 0.0832 e. The molecule has 21 heavy (non-hydrogen) atoms. The number of nitrogens with two attached hydrogens (primary N) is 1. The van der Waals surface area contributed by atoms with Gasteiger partial charge in [-0.25, -0.2) is 0 Å². The molecule has 2 heteroatoms. The van der Waals surface area contributed by atoms with Crippen molar-refractivity contribution in [2.75, 3.05) is 6.61 Å². The molecule has 3 rings (SSSR count). The molecule has 0 aliphatic heterocycles. The number of hydrogen-bond donors (Lipinski definition) is 1. The van der Waals surface area contributed by atoms with Crippen LogP contribution >= 0.6 is 0 Å². The summed E-state index contributed by atoms with van der Waals surface area (Å²) in [5.74, 6) is 1.48. The highest BCUT2D eigenvalue weighted by molar-refractivity contribution is 5.40. The molecule has 1 aromatic carbocycles. The minimum atomic E-state index is -0.0637. The van der Waals surface area contributed by atoms with E-state index in [2.05, 4.69) is 38.1 Å². The molecular weight excluding hydrogens is 258 g/mol. The van der Waals surface area contributed by atoms with E-state index in [-0.39, 0.29) is 11.6 Å². The predicted molar refractivity (Wildman–Crippen MR) is 87.5 cm³/mol. The maximum atomic E-state index is 6.66. The molecule has 2 atom stereocenters. The average Bonchev–Trinajstić information content (AvgIpc) is 2.47. The largest absolute Gasteiger partial charge is 0.374 e. The molecule has 2 aliphatic rings. The van der Waals surface area contributed by atoms with E-state index in [1.54, 1.807) is 0 Å². The summed E-state index contributed by atoms with van der Waals surface area (Å²) in [5.41, 5.74) is 9.62. The van der Waals surface area contributed by atoms with Crippen LogP contribution in [0.1, 0.15) is 63.0 Å². The zero-order valence-electron chi connectivity index (χ0n) is 13.5. The highest BCUT2D eigenvalue weighted by Gasteiger charge is 2.42. The molecule has 0 spiro atoms. The zero-order valence-corrected chi connectivity index (χ0v) is 13.5. The lowest BCUT2D eigenvalue weighted by Gasteiger charge is -2.45. The lowest BCUT2D eigenvalue weighted by molar-refractivity contribution is -0.0912. The first-order valence-corrected chi connectivity index (χ1v) is 8.62. The van der Waals surface area contributed by atoms with Crippen molar-refractivity contribution in [3.8, 4) is 0 Å². The average molecular weight is 287 g/mol. The number of hydrogen-bond acceptors (Lipinski definition) is 2. The van der Waals surface area contributed by atoms with Crippen molar-refractivity contribution in [1.82, 2.24) is 0 Å². The van der Waals surface area contributed by atoms with Gasteiger partial charge in [0.2, 0.25) is 0 Å². The number of fused-ring (bicyclic) bond motifs is 1. The van der Waals surface area contributed by atoms with Gasteiger partial charge in [-0.2, -0.15) is 0 Å². The first-order chi connectivity index (χ1) is 10.1. The Morgan fingerprint density at radius 3 is 2.67 bits per heavy atom. The third-order valence-corrected chi connectivity index (χ3v) is 5.73. The predicted octanol–water partition coefficient (Wildman–Crippen LogP) is 4.03. The van der Waals surface area contributed by atoms with Crippen molar-refractivity contribution >= 4 is 0 Å². The second-order valence-corrected chi connectivity index (χ2v) is 7.12. The van der Waals surface area contributed by atoms with E-state index in [0.717, 1.165) is 31.8 Å². The zero-order chi connectivity index (χ0) is 14.9. The quantitative estimate of drug-likeness (QED) is 0.887. The fraction of sp³-hybridized carbons (Fsp3) is 0.684. The summed E-state index contributed by atoms with van der Waals surface area (Å²) >= 11 is 0. The Labute approximate surface area is 129 Å². The molecule has 0 bridgehead atoms. The minimum absolute atomic E-state index is 0.0637.